The number of amides is 1. The highest BCUT2D eigenvalue weighted by Crippen LogP contribution is 2.45. The standard InChI is InChI=1S/C21H21NO4S/c1-21(2)18(19(23)24)22(12-27-21)20(25)26-11-17-15-9-5-3-7-13(15)14-8-4-6-10-16(14)17/h3-10,17-18H,11-12H2,1-2H3,(H,23,24). The SMILES string of the molecule is CC1(C)SCN(C(=O)OCC2c3ccccc3-c3ccccc32)C1C(=O)O. The molecule has 0 bridgehead atoms. The van der Waals surface area contributed by atoms with Gasteiger partial charge in [-0.3, -0.25) is 4.90 Å². The van der Waals surface area contributed by atoms with E-state index in [1.54, 1.807) is 0 Å². The van der Waals surface area contributed by atoms with Crippen LogP contribution in [0.15, 0.2) is 48.5 Å². The zero-order chi connectivity index (χ0) is 19.2. The maximum absolute atomic E-state index is 12.7. The number of nitrogens with zero attached hydrogens (tertiary/aromatic N) is 1. The molecule has 0 saturated carbocycles. The summed E-state index contributed by atoms with van der Waals surface area (Å²) in [6.45, 7) is 3.88. The molecule has 1 N–H and O–H groups in total. The Balaban J connectivity index is 1.54. The molecule has 2 aromatic carbocycles. The lowest BCUT2D eigenvalue weighted by atomic mass is 9.98. The van der Waals surface area contributed by atoms with Gasteiger partial charge in [-0.2, -0.15) is 0 Å². The van der Waals surface area contributed by atoms with Gasteiger partial charge in [0.25, 0.3) is 0 Å². The summed E-state index contributed by atoms with van der Waals surface area (Å²) in [4.78, 5) is 25.6. The smallest absolute Gasteiger partial charge is 0.411 e. The van der Waals surface area contributed by atoms with Crippen LogP contribution in [0.1, 0.15) is 30.9 Å². The Kier molecular flexibility index (Phi) is 4.38. The van der Waals surface area contributed by atoms with Gasteiger partial charge in [0.1, 0.15) is 12.6 Å². The monoisotopic (exact) mass is 383 g/mol. The van der Waals surface area contributed by atoms with Crippen molar-refractivity contribution in [3.8, 4) is 11.1 Å². The zero-order valence-electron chi connectivity index (χ0n) is 15.2. The van der Waals surface area contributed by atoms with E-state index >= 15 is 0 Å². The molecule has 1 saturated heterocycles. The van der Waals surface area contributed by atoms with Crippen molar-refractivity contribution >= 4 is 23.8 Å². The van der Waals surface area contributed by atoms with E-state index in [0.717, 1.165) is 22.3 Å². The predicted octanol–water partition coefficient (Wildman–Crippen LogP) is 4.17. The third-order valence-electron chi connectivity index (χ3n) is 5.35. The van der Waals surface area contributed by atoms with Crippen molar-refractivity contribution in [2.24, 2.45) is 0 Å². The second kappa shape index (κ2) is 6.60. The quantitative estimate of drug-likeness (QED) is 0.861. The summed E-state index contributed by atoms with van der Waals surface area (Å²) in [6, 6.07) is 15.4. The highest BCUT2D eigenvalue weighted by Gasteiger charge is 2.49. The Hall–Kier alpha value is -2.47. The summed E-state index contributed by atoms with van der Waals surface area (Å²) >= 11 is 1.45. The number of carbonyl (C=O) groups excluding carboxylic acids is 1. The summed E-state index contributed by atoms with van der Waals surface area (Å²) in [6.07, 6.45) is -0.567. The number of fused-ring (bicyclic) bond motifs is 3. The van der Waals surface area contributed by atoms with E-state index in [-0.39, 0.29) is 12.5 Å². The van der Waals surface area contributed by atoms with Crippen LogP contribution in [0.4, 0.5) is 4.79 Å². The Morgan fingerprint density at radius 2 is 1.67 bits per heavy atom. The number of benzene rings is 2. The third kappa shape index (κ3) is 2.98. The van der Waals surface area contributed by atoms with Gasteiger partial charge in [-0.15, -0.1) is 11.8 Å². The Morgan fingerprint density at radius 3 is 2.22 bits per heavy atom. The lowest BCUT2D eigenvalue weighted by Gasteiger charge is -2.27. The minimum absolute atomic E-state index is 0.0344. The average Bonchev–Trinajstić information content (AvgIpc) is 3.14. The first-order valence-corrected chi connectivity index (χ1v) is 9.87. The minimum Gasteiger partial charge on any atom is -0.480 e. The fourth-order valence-electron chi connectivity index (χ4n) is 4.03. The number of thioether (sulfide) groups is 1. The zero-order valence-corrected chi connectivity index (χ0v) is 16.0. The van der Waals surface area contributed by atoms with E-state index in [2.05, 4.69) is 24.3 Å². The highest BCUT2D eigenvalue weighted by molar-refractivity contribution is 8.00. The maximum Gasteiger partial charge on any atom is 0.411 e. The van der Waals surface area contributed by atoms with Gasteiger partial charge in [-0.1, -0.05) is 48.5 Å². The molecule has 27 heavy (non-hydrogen) atoms. The summed E-state index contributed by atoms with van der Waals surface area (Å²) in [5.74, 6) is -0.716. The Labute approximate surface area is 162 Å². The van der Waals surface area contributed by atoms with Crippen molar-refractivity contribution in [2.75, 3.05) is 12.5 Å². The van der Waals surface area contributed by atoms with Gasteiger partial charge in [0.15, 0.2) is 0 Å². The van der Waals surface area contributed by atoms with E-state index in [4.69, 9.17) is 4.74 Å². The number of ether oxygens (including phenoxy) is 1. The fourth-order valence-corrected chi connectivity index (χ4v) is 5.14. The molecule has 140 valence electrons. The molecule has 1 amide bonds. The molecule has 6 heteroatoms. The minimum atomic E-state index is -1.00. The van der Waals surface area contributed by atoms with E-state index in [0.29, 0.717) is 5.88 Å². The molecular formula is C21H21NO4S. The largest absolute Gasteiger partial charge is 0.480 e. The number of carbonyl (C=O) groups is 2. The summed E-state index contributed by atoms with van der Waals surface area (Å²) in [5.41, 5.74) is 4.60. The molecule has 1 unspecified atom stereocenters. The second-order valence-corrected chi connectivity index (χ2v) is 8.99. The average molecular weight is 383 g/mol. The lowest BCUT2D eigenvalue weighted by molar-refractivity contribution is -0.142. The Bertz CT molecular complexity index is 865. The van der Waals surface area contributed by atoms with Gasteiger partial charge < -0.3 is 9.84 Å². The first-order valence-electron chi connectivity index (χ1n) is 8.88. The molecule has 1 aliphatic heterocycles. The molecule has 1 atom stereocenters. The fraction of sp³-hybridized carbons (Fsp3) is 0.333. The van der Waals surface area contributed by atoms with Crippen molar-refractivity contribution in [1.82, 2.24) is 4.90 Å². The highest BCUT2D eigenvalue weighted by atomic mass is 32.2. The van der Waals surface area contributed by atoms with Crippen LogP contribution in [0.3, 0.4) is 0 Å². The molecule has 0 spiro atoms. The first-order chi connectivity index (χ1) is 12.9. The second-order valence-electron chi connectivity index (χ2n) is 7.39. The van der Waals surface area contributed by atoms with Gasteiger partial charge in [-0.25, -0.2) is 9.59 Å². The van der Waals surface area contributed by atoms with Crippen molar-refractivity contribution in [2.45, 2.75) is 30.6 Å². The Morgan fingerprint density at radius 1 is 1.11 bits per heavy atom. The van der Waals surface area contributed by atoms with E-state index in [9.17, 15) is 14.7 Å². The molecule has 2 aromatic rings. The van der Waals surface area contributed by atoms with Gasteiger partial charge in [-0.05, 0) is 36.1 Å². The third-order valence-corrected chi connectivity index (χ3v) is 6.72. The molecule has 1 heterocycles. The van der Waals surface area contributed by atoms with E-state index in [1.807, 2.05) is 38.1 Å². The van der Waals surface area contributed by atoms with Crippen LogP contribution in [0, 0.1) is 0 Å². The van der Waals surface area contributed by atoms with Crippen molar-refractivity contribution < 1.29 is 19.4 Å². The number of hydrogen-bond donors (Lipinski definition) is 1. The van der Waals surface area contributed by atoms with Gasteiger partial charge in [0.2, 0.25) is 0 Å². The first kappa shape index (κ1) is 17.9. The molecule has 1 fully saturated rings. The van der Waals surface area contributed by atoms with Crippen LogP contribution < -0.4 is 0 Å². The van der Waals surface area contributed by atoms with Crippen LogP contribution >= 0.6 is 11.8 Å². The van der Waals surface area contributed by atoms with Gasteiger partial charge >= 0.3 is 12.1 Å². The number of carboxylic acids is 1. The molecule has 0 aromatic heterocycles. The molecule has 4 rings (SSSR count). The molecule has 0 radical (unpaired) electrons. The van der Waals surface area contributed by atoms with Crippen molar-refractivity contribution in [3.05, 3.63) is 59.7 Å². The number of carboxylic acid groups (broad SMARTS) is 1. The van der Waals surface area contributed by atoms with Crippen LogP contribution in [-0.2, 0) is 9.53 Å². The topological polar surface area (TPSA) is 66.8 Å². The van der Waals surface area contributed by atoms with Crippen molar-refractivity contribution in [1.29, 1.82) is 0 Å². The molecular weight excluding hydrogens is 362 g/mol. The number of rotatable bonds is 3. The maximum atomic E-state index is 12.7. The van der Waals surface area contributed by atoms with Crippen LogP contribution in [0.2, 0.25) is 0 Å². The number of aliphatic carboxylic acids is 1. The van der Waals surface area contributed by atoms with Crippen molar-refractivity contribution in [3.63, 3.8) is 0 Å². The normalized spacial score (nSPS) is 20.2. The van der Waals surface area contributed by atoms with Crippen LogP contribution in [0.25, 0.3) is 11.1 Å². The molecule has 2 aliphatic rings. The molecule has 5 nitrogen and oxygen atoms in total. The summed E-state index contributed by atoms with van der Waals surface area (Å²) in [7, 11) is 0. The number of hydrogen-bond acceptors (Lipinski definition) is 4. The van der Waals surface area contributed by atoms with Crippen LogP contribution in [0.5, 0.6) is 0 Å². The summed E-state index contributed by atoms with van der Waals surface area (Å²) < 4.78 is 5.06. The van der Waals surface area contributed by atoms with E-state index in [1.165, 1.54) is 16.7 Å². The summed E-state index contributed by atoms with van der Waals surface area (Å²) in [5, 5.41) is 9.55. The van der Waals surface area contributed by atoms with Gasteiger partial charge in [0.05, 0.1) is 5.88 Å². The predicted molar refractivity (Wildman–Crippen MR) is 105 cm³/mol. The van der Waals surface area contributed by atoms with Crippen LogP contribution in [-0.4, -0.2) is 45.3 Å². The van der Waals surface area contributed by atoms with Gasteiger partial charge in [0, 0.05) is 10.7 Å². The van der Waals surface area contributed by atoms with E-state index < -0.39 is 22.9 Å². The molecule has 1 aliphatic carbocycles. The lowest BCUT2D eigenvalue weighted by Crippen LogP contribution is -2.49.